The first kappa shape index (κ1) is 8.68. The Bertz CT molecular complexity index is 535. The highest BCUT2D eigenvalue weighted by Crippen LogP contribution is 2.35. The summed E-state index contributed by atoms with van der Waals surface area (Å²) in [6.45, 7) is 0. The van der Waals surface area contributed by atoms with Crippen LogP contribution in [0, 0.1) is 6.20 Å². The summed E-state index contributed by atoms with van der Waals surface area (Å²) >= 11 is 1.70. The Hall–Kier alpha value is -1.61. The molecule has 0 bridgehead atoms. The summed E-state index contributed by atoms with van der Waals surface area (Å²) in [4.78, 5) is 1.22. The van der Waals surface area contributed by atoms with E-state index < -0.39 is 0 Å². The second-order valence-corrected chi connectivity index (χ2v) is 4.14. The van der Waals surface area contributed by atoms with Gasteiger partial charge in [-0.2, -0.15) is 0 Å². The predicted molar refractivity (Wildman–Crippen MR) is 61.2 cm³/mol. The summed E-state index contributed by atoms with van der Waals surface area (Å²) in [6, 6.07) is 10.1. The lowest BCUT2D eigenvalue weighted by atomic mass is 10.1. The Morgan fingerprint density at radius 2 is 2.13 bits per heavy atom. The lowest BCUT2D eigenvalue weighted by Gasteiger charge is -2.04. The molecule has 1 aromatic heterocycles. The van der Waals surface area contributed by atoms with Crippen LogP contribution in [0.15, 0.2) is 40.6 Å². The lowest BCUT2D eigenvalue weighted by Crippen LogP contribution is -1.91. The van der Waals surface area contributed by atoms with E-state index in [9.17, 15) is 0 Å². The van der Waals surface area contributed by atoms with Gasteiger partial charge in [0.25, 0.3) is 0 Å². The van der Waals surface area contributed by atoms with Gasteiger partial charge in [0.15, 0.2) is 0 Å². The number of rotatable bonds is 0. The van der Waals surface area contributed by atoms with Crippen LogP contribution in [0.2, 0.25) is 0 Å². The van der Waals surface area contributed by atoms with Gasteiger partial charge in [0.1, 0.15) is 11.9 Å². The van der Waals surface area contributed by atoms with E-state index in [0.717, 1.165) is 16.8 Å². The molecule has 1 aliphatic rings. The van der Waals surface area contributed by atoms with Crippen molar-refractivity contribution in [2.24, 2.45) is 0 Å². The first-order chi connectivity index (χ1) is 7.45. The number of nitrogens with zero attached hydrogens (tertiary/aromatic N) is 2. The van der Waals surface area contributed by atoms with Crippen molar-refractivity contribution < 1.29 is 0 Å². The maximum Gasteiger partial charge on any atom is 0.114 e. The second kappa shape index (κ2) is 3.51. The molecule has 3 heteroatoms. The zero-order valence-corrected chi connectivity index (χ0v) is 8.66. The van der Waals surface area contributed by atoms with Crippen molar-refractivity contribution in [1.82, 2.24) is 10.2 Å². The van der Waals surface area contributed by atoms with E-state index in [1.165, 1.54) is 4.90 Å². The maximum absolute atomic E-state index is 4.15. The molecule has 1 aliphatic heterocycles. The van der Waals surface area contributed by atoms with Gasteiger partial charge >= 0.3 is 0 Å². The molecular weight excluding hydrogens is 204 g/mol. The van der Waals surface area contributed by atoms with E-state index >= 15 is 0 Å². The van der Waals surface area contributed by atoms with Crippen molar-refractivity contribution in [2.45, 2.75) is 4.90 Å². The lowest BCUT2D eigenvalue weighted by molar-refractivity contribution is 1.02. The van der Waals surface area contributed by atoms with Crippen LogP contribution in [0.5, 0.6) is 0 Å². The minimum Gasteiger partial charge on any atom is -0.149 e. The van der Waals surface area contributed by atoms with Crippen molar-refractivity contribution in [2.75, 3.05) is 0 Å². The van der Waals surface area contributed by atoms with Crippen LogP contribution in [0.4, 0.5) is 0 Å². The molecule has 0 aliphatic carbocycles. The van der Waals surface area contributed by atoms with Crippen LogP contribution in [0.1, 0.15) is 5.56 Å². The predicted octanol–water partition coefficient (Wildman–Crippen LogP) is 3.02. The van der Waals surface area contributed by atoms with Gasteiger partial charge in [0, 0.05) is 16.0 Å². The van der Waals surface area contributed by atoms with Gasteiger partial charge < -0.3 is 0 Å². The first-order valence-electron chi connectivity index (χ1n) is 4.61. The van der Waals surface area contributed by atoms with E-state index in [-0.39, 0.29) is 0 Å². The summed E-state index contributed by atoms with van der Waals surface area (Å²) in [5.74, 6) is 0. The smallest absolute Gasteiger partial charge is 0.114 e. The van der Waals surface area contributed by atoms with Gasteiger partial charge in [-0.15, -0.1) is 10.2 Å². The Morgan fingerprint density at radius 3 is 3.13 bits per heavy atom. The van der Waals surface area contributed by atoms with Crippen molar-refractivity contribution in [3.8, 4) is 11.3 Å². The molecule has 2 aromatic rings. The SMILES string of the molecule is [c]1cc2c(nn1)-c1ccccc1SC=C2. The van der Waals surface area contributed by atoms with Gasteiger partial charge in [-0.3, -0.25) is 0 Å². The Balaban J connectivity index is 2.33. The second-order valence-electron chi connectivity index (χ2n) is 3.19. The molecule has 1 radical (unpaired) electrons. The van der Waals surface area contributed by atoms with Gasteiger partial charge in [0.05, 0.1) is 0 Å². The molecule has 0 saturated carbocycles. The Labute approximate surface area is 92.1 Å². The number of hydrogen-bond acceptors (Lipinski definition) is 3. The topological polar surface area (TPSA) is 25.8 Å². The van der Waals surface area contributed by atoms with E-state index in [2.05, 4.69) is 33.9 Å². The Kier molecular flexibility index (Phi) is 2.03. The number of aromatic nitrogens is 2. The van der Waals surface area contributed by atoms with Gasteiger partial charge in [-0.25, -0.2) is 0 Å². The third kappa shape index (κ3) is 1.45. The normalized spacial score (nSPS) is 12.8. The van der Waals surface area contributed by atoms with Crippen LogP contribution in [-0.2, 0) is 0 Å². The molecule has 2 heterocycles. The van der Waals surface area contributed by atoms with E-state index in [1.54, 1.807) is 11.8 Å². The average Bonchev–Trinajstić information content (AvgIpc) is 2.48. The molecule has 0 atom stereocenters. The van der Waals surface area contributed by atoms with Crippen molar-refractivity contribution in [3.05, 3.63) is 47.5 Å². The van der Waals surface area contributed by atoms with Gasteiger partial charge in [-0.1, -0.05) is 30.0 Å². The number of benzene rings is 1. The zero-order chi connectivity index (χ0) is 10.1. The molecule has 0 fully saturated rings. The van der Waals surface area contributed by atoms with E-state index in [0.29, 0.717) is 0 Å². The maximum atomic E-state index is 4.15. The van der Waals surface area contributed by atoms with Gasteiger partial charge in [0.2, 0.25) is 0 Å². The van der Waals surface area contributed by atoms with Gasteiger partial charge in [-0.05, 0) is 23.6 Å². The van der Waals surface area contributed by atoms with Crippen LogP contribution in [0.25, 0.3) is 17.3 Å². The summed E-state index contributed by atoms with van der Waals surface area (Å²) in [5.41, 5.74) is 3.15. The molecule has 0 saturated heterocycles. The van der Waals surface area contributed by atoms with E-state index in [4.69, 9.17) is 0 Å². The molecular formula is C12H7N2S. The van der Waals surface area contributed by atoms with E-state index in [1.807, 2.05) is 24.3 Å². The average molecular weight is 211 g/mol. The Morgan fingerprint density at radius 1 is 1.20 bits per heavy atom. The van der Waals surface area contributed by atoms with Crippen molar-refractivity contribution in [1.29, 1.82) is 0 Å². The van der Waals surface area contributed by atoms with Crippen molar-refractivity contribution in [3.63, 3.8) is 0 Å². The number of hydrogen-bond donors (Lipinski definition) is 0. The van der Waals surface area contributed by atoms with Crippen molar-refractivity contribution >= 4 is 17.8 Å². The molecule has 1 aromatic carbocycles. The fourth-order valence-electron chi connectivity index (χ4n) is 1.59. The first-order valence-corrected chi connectivity index (χ1v) is 5.49. The molecule has 15 heavy (non-hydrogen) atoms. The molecule has 0 N–H and O–H groups in total. The molecule has 3 rings (SSSR count). The summed E-state index contributed by atoms with van der Waals surface area (Å²) in [5, 5.41) is 10.0. The third-order valence-electron chi connectivity index (χ3n) is 2.29. The summed E-state index contributed by atoms with van der Waals surface area (Å²) in [6.07, 6.45) is 4.80. The third-order valence-corrected chi connectivity index (χ3v) is 3.17. The van der Waals surface area contributed by atoms with Crippen LogP contribution in [0.3, 0.4) is 0 Å². The quantitative estimate of drug-likeness (QED) is 0.670. The molecule has 0 amide bonds. The highest BCUT2D eigenvalue weighted by molar-refractivity contribution is 8.02. The molecule has 2 nitrogen and oxygen atoms in total. The fraction of sp³-hybridized carbons (Fsp3) is 0. The number of thioether (sulfide) groups is 1. The highest BCUT2D eigenvalue weighted by atomic mass is 32.2. The molecule has 71 valence electrons. The minimum absolute atomic E-state index is 0.936. The summed E-state index contributed by atoms with van der Waals surface area (Å²) in [7, 11) is 0. The number of fused-ring (bicyclic) bond motifs is 3. The fourth-order valence-corrected chi connectivity index (χ4v) is 2.40. The van der Waals surface area contributed by atoms with Crippen LogP contribution >= 0.6 is 11.8 Å². The minimum atomic E-state index is 0.936. The van der Waals surface area contributed by atoms with Crippen LogP contribution in [-0.4, -0.2) is 10.2 Å². The standard InChI is InChI=1S/C12H7N2S/c1-2-4-11-10(3-1)12-9(6-8-15-11)5-7-13-14-12/h1-6,8H. The summed E-state index contributed by atoms with van der Waals surface area (Å²) < 4.78 is 0. The zero-order valence-electron chi connectivity index (χ0n) is 7.84. The molecule has 0 unspecified atom stereocenters. The largest absolute Gasteiger partial charge is 0.149 e. The molecule has 0 spiro atoms. The highest BCUT2D eigenvalue weighted by Gasteiger charge is 2.12. The van der Waals surface area contributed by atoms with Crippen LogP contribution < -0.4 is 0 Å². The monoisotopic (exact) mass is 211 g/mol.